The van der Waals surface area contributed by atoms with E-state index in [1.807, 2.05) is 0 Å². The highest BCUT2D eigenvalue weighted by atomic mass is 32.2. The average Bonchev–Trinajstić information content (AvgIpc) is 3.41. The fraction of sp³-hybridized carbons (Fsp3) is 0.450. The third kappa shape index (κ3) is 4.70. The predicted molar refractivity (Wildman–Crippen MR) is 109 cm³/mol. The lowest BCUT2D eigenvalue weighted by Crippen LogP contribution is -2.35. The van der Waals surface area contributed by atoms with Crippen LogP contribution in [-0.2, 0) is 27.5 Å². The summed E-state index contributed by atoms with van der Waals surface area (Å²) in [5.74, 6) is -0.949. The van der Waals surface area contributed by atoms with Gasteiger partial charge in [-0.25, -0.2) is 13.1 Å². The molecule has 4 rings (SSSR count). The number of benzene rings is 1. The molecule has 172 valence electrons. The third-order valence-electron chi connectivity index (χ3n) is 5.41. The smallest absolute Gasteiger partial charge is 0.324 e. The van der Waals surface area contributed by atoms with Gasteiger partial charge in [0.15, 0.2) is 0 Å². The highest BCUT2D eigenvalue weighted by Crippen LogP contribution is 2.40. The van der Waals surface area contributed by atoms with Crippen molar-refractivity contribution in [1.29, 1.82) is 0 Å². The molecule has 0 radical (unpaired) electrons. The summed E-state index contributed by atoms with van der Waals surface area (Å²) in [6.45, 7) is 0.115. The van der Waals surface area contributed by atoms with Crippen molar-refractivity contribution in [2.75, 3.05) is 18.4 Å². The van der Waals surface area contributed by atoms with Gasteiger partial charge >= 0.3 is 6.18 Å². The number of amides is 1. The molecule has 1 saturated heterocycles. The Morgan fingerprint density at radius 2 is 1.84 bits per heavy atom. The van der Waals surface area contributed by atoms with Crippen molar-refractivity contribution in [2.45, 2.75) is 49.2 Å². The number of alkyl halides is 3. The van der Waals surface area contributed by atoms with Gasteiger partial charge < -0.3 is 5.32 Å². The average molecular weight is 470 g/mol. The fourth-order valence-electron chi connectivity index (χ4n) is 3.60. The Bertz CT molecular complexity index is 1200. The number of halogens is 3. The summed E-state index contributed by atoms with van der Waals surface area (Å²) in [4.78, 5) is 24.7. The summed E-state index contributed by atoms with van der Waals surface area (Å²) in [6, 6.07) is 6.35. The van der Waals surface area contributed by atoms with Crippen LogP contribution >= 0.6 is 0 Å². The van der Waals surface area contributed by atoms with Crippen molar-refractivity contribution in [2.24, 2.45) is 0 Å². The molecule has 1 saturated carbocycles. The predicted octanol–water partition coefficient (Wildman–Crippen LogP) is 2.56. The van der Waals surface area contributed by atoms with Crippen LogP contribution in [0.5, 0.6) is 0 Å². The SMILES string of the molecule is O=C(Cn1nc(C2CC2)cc(C(F)(F)F)c1=O)Nc1cccc(S(=O)(=O)N2CCCC2)c1. The molecular formula is C20H21F3N4O4S. The van der Waals surface area contributed by atoms with Gasteiger partial charge in [-0.15, -0.1) is 0 Å². The molecule has 1 amide bonds. The van der Waals surface area contributed by atoms with Gasteiger partial charge in [0.1, 0.15) is 12.1 Å². The maximum Gasteiger partial charge on any atom is 0.421 e. The number of hydrogen-bond acceptors (Lipinski definition) is 5. The Morgan fingerprint density at radius 3 is 2.47 bits per heavy atom. The lowest BCUT2D eigenvalue weighted by atomic mass is 10.2. The first-order chi connectivity index (χ1) is 15.1. The van der Waals surface area contributed by atoms with Crippen molar-refractivity contribution in [1.82, 2.24) is 14.1 Å². The van der Waals surface area contributed by atoms with E-state index in [2.05, 4.69) is 10.4 Å². The maximum atomic E-state index is 13.3. The fourth-order valence-corrected chi connectivity index (χ4v) is 5.16. The van der Waals surface area contributed by atoms with Crippen LogP contribution in [0, 0.1) is 0 Å². The molecule has 0 spiro atoms. The number of anilines is 1. The van der Waals surface area contributed by atoms with Crippen LogP contribution in [0.2, 0.25) is 0 Å². The Hall–Kier alpha value is -2.73. The minimum absolute atomic E-state index is 0.00239. The van der Waals surface area contributed by atoms with E-state index in [4.69, 9.17) is 0 Å². The number of nitrogens with zero attached hydrogens (tertiary/aromatic N) is 3. The van der Waals surface area contributed by atoms with Crippen LogP contribution < -0.4 is 10.9 Å². The second kappa shape index (κ2) is 8.32. The number of rotatable bonds is 6. The summed E-state index contributed by atoms with van der Waals surface area (Å²) in [7, 11) is -3.70. The van der Waals surface area contributed by atoms with Crippen molar-refractivity contribution in [3.63, 3.8) is 0 Å². The molecule has 1 aromatic heterocycles. The molecule has 1 aromatic carbocycles. The molecule has 2 heterocycles. The summed E-state index contributed by atoms with van der Waals surface area (Å²) in [5, 5.41) is 6.38. The molecule has 2 aliphatic rings. The van der Waals surface area contributed by atoms with E-state index in [0.717, 1.165) is 18.9 Å². The molecule has 0 bridgehead atoms. The van der Waals surface area contributed by atoms with Crippen LogP contribution in [0.4, 0.5) is 18.9 Å². The van der Waals surface area contributed by atoms with Gasteiger partial charge in [-0.1, -0.05) is 6.07 Å². The maximum absolute atomic E-state index is 13.3. The van der Waals surface area contributed by atoms with Gasteiger partial charge in [0.2, 0.25) is 15.9 Å². The van der Waals surface area contributed by atoms with Crippen LogP contribution in [0.1, 0.15) is 42.9 Å². The van der Waals surface area contributed by atoms with Crippen LogP contribution in [0.15, 0.2) is 40.0 Å². The molecule has 0 atom stereocenters. The lowest BCUT2D eigenvalue weighted by molar-refractivity contribution is -0.139. The van der Waals surface area contributed by atoms with Gasteiger partial charge in [-0.3, -0.25) is 9.59 Å². The molecule has 0 unspecified atom stereocenters. The van der Waals surface area contributed by atoms with Gasteiger partial charge in [-0.2, -0.15) is 22.6 Å². The lowest BCUT2D eigenvalue weighted by Gasteiger charge is -2.16. The minimum atomic E-state index is -4.86. The molecule has 12 heteroatoms. The Morgan fingerprint density at radius 1 is 1.16 bits per heavy atom. The largest absolute Gasteiger partial charge is 0.421 e. The van der Waals surface area contributed by atoms with E-state index < -0.39 is 39.8 Å². The molecule has 1 aliphatic carbocycles. The van der Waals surface area contributed by atoms with E-state index in [-0.39, 0.29) is 22.2 Å². The number of aromatic nitrogens is 2. The minimum Gasteiger partial charge on any atom is -0.324 e. The molecule has 8 nitrogen and oxygen atoms in total. The standard InChI is InChI=1S/C20H21F3N4O4S/c21-20(22,23)16-11-17(13-6-7-13)25-27(19(16)29)12-18(28)24-14-4-3-5-15(10-14)32(30,31)26-8-1-2-9-26/h3-5,10-11,13H,1-2,6-9,12H2,(H,24,28). The number of nitrogens with one attached hydrogen (secondary N) is 1. The zero-order valence-electron chi connectivity index (χ0n) is 16.9. The summed E-state index contributed by atoms with van der Waals surface area (Å²) in [6.07, 6.45) is -1.96. The van der Waals surface area contributed by atoms with E-state index in [1.165, 1.54) is 28.6 Å². The van der Waals surface area contributed by atoms with Gasteiger partial charge in [0.25, 0.3) is 5.56 Å². The van der Waals surface area contributed by atoms with Crippen molar-refractivity contribution in [3.8, 4) is 0 Å². The van der Waals surface area contributed by atoms with Gasteiger partial charge in [0.05, 0.1) is 10.6 Å². The topological polar surface area (TPSA) is 101 Å². The van der Waals surface area contributed by atoms with Gasteiger partial charge in [0, 0.05) is 24.7 Å². The summed E-state index contributed by atoms with van der Waals surface area (Å²) < 4.78 is 67.0. The quantitative estimate of drug-likeness (QED) is 0.699. The van der Waals surface area contributed by atoms with Crippen LogP contribution in [0.3, 0.4) is 0 Å². The Labute approximate surface area is 182 Å². The van der Waals surface area contributed by atoms with E-state index in [0.29, 0.717) is 30.6 Å². The third-order valence-corrected chi connectivity index (χ3v) is 7.30. The number of sulfonamides is 1. The van der Waals surface area contributed by atoms with Gasteiger partial charge in [-0.05, 0) is 49.9 Å². The molecule has 2 aromatic rings. The van der Waals surface area contributed by atoms with E-state index in [9.17, 15) is 31.2 Å². The highest BCUT2D eigenvalue weighted by molar-refractivity contribution is 7.89. The molecular weight excluding hydrogens is 449 g/mol. The highest BCUT2D eigenvalue weighted by Gasteiger charge is 2.37. The van der Waals surface area contributed by atoms with E-state index in [1.54, 1.807) is 0 Å². The number of hydrogen-bond donors (Lipinski definition) is 1. The zero-order chi connectivity index (χ0) is 23.1. The molecule has 1 N–H and O–H groups in total. The first kappa shape index (κ1) is 22.5. The number of carbonyl (C=O) groups is 1. The van der Waals surface area contributed by atoms with E-state index >= 15 is 0 Å². The van der Waals surface area contributed by atoms with Crippen molar-refractivity contribution < 1.29 is 26.4 Å². The van der Waals surface area contributed by atoms with Crippen LogP contribution in [0.25, 0.3) is 0 Å². The number of carbonyl (C=O) groups excluding carboxylic acids is 1. The van der Waals surface area contributed by atoms with Crippen molar-refractivity contribution >= 4 is 21.6 Å². The normalized spacial score (nSPS) is 17.5. The zero-order valence-corrected chi connectivity index (χ0v) is 17.7. The first-order valence-corrected chi connectivity index (χ1v) is 11.6. The van der Waals surface area contributed by atoms with Crippen molar-refractivity contribution in [3.05, 3.63) is 51.9 Å². The summed E-state index contributed by atoms with van der Waals surface area (Å²) >= 11 is 0. The second-order valence-corrected chi connectivity index (χ2v) is 9.84. The second-order valence-electron chi connectivity index (χ2n) is 7.90. The Kier molecular flexibility index (Phi) is 5.84. The monoisotopic (exact) mass is 470 g/mol. The summed E-state index contributed by atoms with van der Waals surface area (Å²) in [5.41, 5.74) is -2.48. The molecule has 32 heavy (non-hydrogen) atoms. The molecule has 1 aliphatic heterocycles. The Balaban J connectivity index is 1.55. The van der Waals surface area contributed by atoms with Crippen LogP contribution in [-0.4, -0.2) is 41.5 Å². The molecule has 2 fully saturated rings. The first-order valence-electron chi connectivity index (χ1n) is 10.1.